The van der Waals surface area contributed by atoms with Crippen molar-refractivity contribution in [2.24, 2.45) is 0 Å². The minimum Gasteiger partial charge on any atom is -0.870 e. The van der Waals surface area contributed by atoms with Crippen molar-refractivity contribution in [3.8, 4) is 0 Å². The molecule has 0 spiro atoms. The summed E-state index contributed by atoms with van der Waals surface area (Å²) in [7, 11) is -3.08. The van der Waals surface area contributed by atoms with Gasteiger partial charge in [0.05, 0.1) is 6.16 Å². The highest BCUT2D eigenvalue weighted by Crippen LogP contribution is 2.47. The zero-order chi connectivity index (χ0) is 13.4. The van der Waals surface area contributed by atoms with E-state index in [9.17, 15) is 0 Å². The molecule has 0 aliphatic rings. The average Bonchev–Trinajstić information content (AvgIpc) is 2.16. The van der Waals surface area contributed by atoms with Crippen molar-refractivity contribution < 1.29 is 18.8 Å². The predicted octanol–water partition coefficient (Wildman–Crippen LogP) is 3.16. The second-order valence-electron chi connectivity index (χ2n) is 5.10. The summed E-state index contributed by atoms with van der Waals surface area (Å²) in [5.74, 6) is 0. The second-order valence-corrected chi connectivity index (χ2v) is 12.9. The van der Waals surface area contributed by atoms with E-state index in [4.69, 9.17) is 13.3 Å². The molecule has 0 aliphatic heterocycles. The van der Waals surface area contributed by atoms with Crippen molar-refractivity contribution in [2.75, 3.05) is 46.0 Å². The highest BCUT2D eigenvalue weighted by atomic mass is 31.2. The Bertz CT molecular complexity index is 180. The van der Waals surface area contributed by atoms with Crippen molar-refractivity contribution in [2.45, 2.75) is 33.2 Å². The number of hydrogen-bond acceptors (Lipinski definition) is 4. The molecule has 0 aromatic rings. The number of rotatable bonds is 10. The van der Waals surface area contributed by atoms with Crippen LogP contribution >= 0.6 is 7.26 Å². The van der Waals surface area contributed by atoms with Crippen LogP contribution in [0.15, 0.2) is 0 Å². The van der Waals surface area contributed by atoms with Crippen LogP contribution in [0.5, 0.6) is 0 Å². The summed E-state index contributed by atoms with van der Waals surface area (Å²) >= 11 is 0. The molecular weight excluding hydrogens is 267 g/mol. The average molecular weight is 298 g/mol. The lowest BCUT2D eigenvalue weighted by Gasteiger charge is -2.28. The predicted molar refractivity (Wildman–Crippen MR) is 81.6 cm³/mol. The van der Waals surface area contributed by atoms with E-state index in [1.807, 2.05) is 20.8 Å². The van der Waals surface area contributed by atoms with E-state index in [0.29, 0.717) is 19.8 Å². The van der Waals surface area contributed by atoms with Gasteiger partial charge in [0.2, 0.25) is 0 Å². The Morgan fingerprint density at radius 1 is 0.833 bits per heavy atom. The third kappa shape index (κ3) is 9.42. The lowest BCUT2D eigenvalue weighted by molar-refractivity contribution is 0.0712. The van der Waals surface area contributed by atoms with Gasteiger partial charge in [-0.3, -0.25) is 0 Å². The normalized spacial score (nSPS) is 12.3. The van der Waals surface area contributed by atoms with Gasteiger partial charge >= 0.3 is 8.80 Å². The molecule has 0 heterocycles. The lowest BCUT2D eigenvalue weighted by Crippen LogP contribution is -2.46. The maximum absolute atomic E-state index is 5.83. The molecule has 112 valence electrons. The molecule has 0 rings (SSSR count). The van der Waals surface area contributed by atoms with Gasteiger partial charge in [-0.15, -0.1) is 0 Å². The molecule has 0 saturated heterocycles. The SMILES string of the molecule is CCO[Si](CCC[P+](C)(C)C)(OCC)OCC.[OH-]. The van der Waals surface area contributed by atoms with E-state index >= 15 is 0 Å². The molecule has 1 N–H and O–H groups in total. The van der Waals surface area contributed by atoms with Gasteiger partial charge in [0, 0.05) is 53.1 Å². The molecule has 0 bridgehead atoms. The molecule has 4 nitrogen and oxygen atoms in total. The largest absolute Gasteiger partial charge is 0.870 e. The van der Waals surface area contributed by atoms with Crippen molar-refractivity contribution in [3.63, 3.8) is 0 Å². The zero-order valence-electron chi connectivity index (χ0n) is 12.9. The lowest BCUT2D eigenvalue weighted by atomic mass is 10.6. The Labute approximate surface area is 114 Å². The van der Waals surface area contributed by atoms with Crippen LogP contribution in [0.2, 0.25) is 6.04 Å². The smallest absolute Gasteiger partial charge is 0.501 e. The standard InChI is InChI=1S/C12H30O3PSi.H2O/c1-7-13-17(14-8-2,15-9-3)12-10-11-16(4,5)6;/h7-12H2,1-6H3;1H2/q+1;/p-1. The van der Waals surface area contributed by atoms with Crippen molar-refractivity contribution in [1.82, 2.24) is 0 Å². The molecule has 0 saturated carbocycles. The van der Waals surface area contributed by atoms with Crippen molar-refractivity contribution in [3.05, 3.63) is 0 Å². The first-order chi connectivity index (χ1) is 7.89. The van der Waals surface area contributed by atoms with Crippen LogP contribution in [0.3, 0.4) is 0 Å². The summed E-state index contributed by atoms with van der Waals surface area (Å²) in [6.45, 7) is 15.2. The Hall–Kier alpha value is 0.487. The summed E-state index contributed by atoms with van der Waals surface area (Å²) in [4.78, 5) is 0. The summed E-state index contributed by atoms with van der Waals surface area (Å²) in [5, 5.41) is 0. The first-order valence-corrected chi connectivity index (χ1v) is 11.9. The van der Waals surface area contributed by atoms with Gasteiger partial charge in [-0.2, -0.15) is 0 Å². The molecule has 0 aliphatic carbocycles. The van der Waals surface area contributed by atoms with E-state index in [2.05, 4.69) is 20.0 Å². The third-order valence-electron chi connectivity index (χ3n) is 2.40. The molecule has 0 radical (unpaired) electrons. The second kappa shape index (κ2) is 10.3. The molecule has 0 unspecified atom stereocenters. The minimum absolute atomic E-state index is 0. The molecule has 0 atom stereocenters. The Balaban J connectivity index is 0. The fourth-order valence-electron chi connectivity index (χ4n) is 1.77. The first-order valence-electron chi connectivity index (χ1n) is 6.61. The van der Waals surface area contributed by atoms with Gasteiger partial charge in [-0.05, 0) is 27.2 Å². The van der Waals surface area contributed by atoms with Gasteiger partial charge in [0.15, 0.2) is 0 Å². The molecule has 0 aromatic carbocycles. The maximum atomic E-state index is 5.83. The van der Waals surface area contributed by atoms with Crippen LogP contribution < -0.4 is 0 Å². The van der Waals surface area contributed by atoms with E-state index in [-0.39, 0.29) is 5.48 Å². The highest BCUT2D eigenvalue weighted by Gasteiger charge is 2.40. The molecular formula is C12H31O4PSi. The molecule has 18 heavy (non-hydrogen) atoms. The van der Waals surface area contributed by atoms with Gasteiger partial charge in [-0.25, -0.2) is 0 Å². The molecule has 0 fully saturated rings. The molecule has 0 amide bonds. The van der Waals surface area contributed by atoms with Crippen LogP contribution in [-0.2, 0) is 13.3 Å². The van der Waals surface area contributed by atoms with E-state index in [1.54, 1.807) is 0 Å². The Morgan fingerprint density at radius 2 is 1.22 bits per heavy atom. The Kier molecular flexibility index (Phi) is 11.9. The maximum Gasteiger partial charge on any atom is 0.501 e. The molecule has 6 heteroatoms. The summed E-state index contributed by atoms with van der Waals surface area (Å²) in [5.41, 5.74) is 0. The van der Waals surface area contributed by atoms with Crippen LogP contribution in [-0.4, -0.2) is 60.3 Å². The van der Waals surface area contributed by atoms with Crippen LogP contribution in [0.4, 0.5) is 0 Å². The van der Waals surface area contributed by atoms with Crippen molar-refractivity contribution in [1.29, 1.82) is 0 Å². The summed E-state index contributed by atoms with van der Waals surface area (Å²) < 4.78 is 17.5. The van der Waals surface area contributed by atoms with Gasteiger partial charge in [0.1, 0.15) is 0 Å². The monoisotopic (exact) mass is 298 g/mol. The fourth-order valence-corrected chi connectivity index (χ4v) is 5.79. The fraction of sp³-hybridized carbons (Fsp3) is 1.00. The van der Waals surface area contributed by atoms with Crippen molar-refractivity contribution >= 4 is 16.1 Å². The van der Waals surface area contributed by atoms with Crippen LogP contribution in [0.1, 0.15) is 27.2 Å². The first kappa shape index (κ1) is 20.8. The van der Waals surface area contributed by atoms with Gasteiger partial charge in [-0.1, -0.05) is 0 Å². The minimum atomic E-state index is -2.38. The molecule has 0 aromatic heterocycles. The third-order valence-corrected chi connectivity index (χ3v) is 7.21. The van der Waals surface area contributed by atoms with Crippen LogP contribution in [0.25, 0.3) is 0 Å². The summed E-state index contributed by atoms with van der Waals surface area (Å²) in [6, 6.07) is 0.958. The Morgan fingerprint density at radius 3 is 1.50 bits per heavy atom. The number of hydrogen-bond donors (Lipinski definition) is 0. The van der Waals surface area contributed by atoms with E-state index in [1.165, 1.54) is 6.16 Å². The summed E-state index contributed by atoms with van der Waals surface area (Å²) in [6.07, 6.45) is 2.44. The van der Waals surface area contributed by atoms with E-state index in [0.717, 1.165) is 12.5 Å². The topological polar surface area (TPSA) is 57.7 Å². The van der Waals surface area contributed by atoms with E-state index < -0.39 is 16.1 Å². The zero-order valence-corrected chi connectivity index (χ0v) is 14.8. The van der Waals surface area contributed by atoms with Gasteiger partial charge in [0.25, 0.3) is 0 Å². The van der Waals surface area contributed by atoms with Gasteiger partial charge < -0.3 is 18.8 Å². The quantitative estimate of drug-likeness (QED) is 0.459. The highest BCUT2D eigenvalue weighted by molar-refractivity contribution is 7.73. The van der Waals surface area contributed by atoms with Crippen LogP contribution in [0, 0.1) is 0 Å².